The summed E-state index contributed by atoms with van der Waals surface area (Å²) in [5.41, 5.74) is 5.14. The molecule has 8 nitrogen and oxygen atoms in total. The number of amides is 1. The van der Waals surface area contributed by atoms with Crippen LogP contribution in [0.15, 0.2) is 45.9 Å². The lowest BCUT2D eigenvalue weighted by atomic mass is 10.1. The molecule has 0 radical (unpaired) electrons. The number of allylic oxidation sites excluding steroid dienone is 1. The number of nitrogens with one attached hydrogen (secondary N) is 1. The molecule has 152 valence electrons. The quantitative estimate of drug-likeness (QED) is 0.447. The van der Waals surface area contributed by atoms with Crippen LogP contribution in [0.5, 0.6) is 0 Å². The lowest BCUT2D eigenvalue weighted by molar-refractivity contribution is -0.384. The second kappa shape index (κ2) is 7.10. The van der Waals surface area contributed by atoms with E-state index in [4.69, 9.17) is 5.41 Å². The average Bonchev–Trinajstić information content (AvgIpc) is 3.18. The molecular formula is C21H19N5O3S. The molecule has 2 aliphatic heterocycles. The van der Waals surface area contributed by atoms with Gasteiger partial charge in [-0.3, -0.25) is 25.2 Å². The Morgan fingerprint density at radius 1 is 1.20 bits per heavy atom. The van der Waals surface area contributed by atoms with Crippen molar-refractivity contribution in [1.29, 1.82) is 5.41 Å². The van der Waals surface area contributed by atoms with E-state index in [1.165, 1.54) is 17.8 Å². The summed E-state index contributed by atoms with van der Waals surface area (Å²) in [6.45, 7) is 7.56. The van der Waals surface area contributed by atoms with Crippen molar-refractivity contribution in [3.05, 3.63) is 73.6 Å². The minimum atomic E-state index is -0.446. The number of amidine groups is 2. The lowest BCUT2D eigenvalue weighted by Crippen LogP contribution is -2.37. The fourth-order valence-electron chi connectivity index (χ4n) is 3.65. The number of thioether (sulfide) groups is 1. The zero-order chi connectivity index (χ0) is 21.7. The minimum absolute atomic E-state index is 0.0166. The number of nitro benzene ring substituents is 1. The van der Waals surface area contributed by atoms with Gasteiger partial charge in [-0.05, 0) is 56.4 Å². The lowest BCUT2D eigenvalue weighted by Gasteiger charge is -2.25. The number of nitro groups is 1. The first-order valence-corrected chi connectivity index (χ1v) is 10.1. The SMILES string of the molecule is CC1=CSC2=NC(=O)/C(=C/c3cc(C)n(-c4cc([N+](=O)[O-])ccc4C)c3C)C(=N)N12. The Hall–Kier alpha value is -3.46. The van der Waals surface area contributed by atoms with Crippen LogP contribution in [0, 0.1) is 36.3 Å². The second-order valence-electron chi connectivity index (χ2n) is 7.21. The van der Waals surface area contributed by atoms with E-state index in [-0.39, 0.29) is 17.1 Å². The van der Waals surface area contributed by atoms with Gasteiger partial charge in [0.25, 0.3) is 11.6 Å². The first-order valence-electron chi connectivity index (χ1n) is 9.20. The molecule has 0 spiro atoms. The monoisotopic (exact) mass is 421 g/mol. The first kappa shape index (κ1) is 19.8. The van der Waals surface area contributed by atoms with E-state index in [9.17, 15) is 14.9 Å². The Morgan fingerprint density at radius 2 is 1.93 bits per heavy atom. The molecule has 3 heterocycles. The molecule has 9 heteroatoms. The van der Waals surface area contributed by atoms with Crippen LogP contribution in [0.3, 0.4) is 0 Å². The van der Waals surface area contributed by atoms with Crippen molar-refractivity contribution in [2.45, 2.75) is 27.7 Å². The third-order valence-corrected chi connectivity index (χ3v) is 6.14. The molecule has 0 unspecified atom stereocenters. The van der Waals surface area contributed by atoms with Gasteiger partial charge in [-0.25, -0.2) is 0 Å². The van der Waals surface area contributed by atoms with Crippen LogP contribution in [0.1, 0.15) is 29.4 Å². The Kier molecular flexibility index (Phi) is 4.70. The Labute approximate surface area is 177 Å². The minimum Gasteiger partial charge on any atom is -0.317 e. The van der Waals surface area contributed by atoms with Crippen molar-refractivity contribution in [3.63, 3.8) is 0 Å². The first-order chi connectivity index (χ1) is 14.2. The molecule has 0 fully saturated rings. The van der Waals surface area contributed by atoms with Crippen molar-refractivity contribution >= 4 is 40.4 Å². The average molecular weight is 421 g/mol. The zero-order valence-electron chi connectivity index (χ0n) is 16.9. The molecule has 4 rings (SSSR count). The van der Waals surface area contributed by atoms with Crippen molar-refractivity contribution < 1.29 is 9.72 Å². The van der Waals surface area contributed by atoms with Gasteiger partial charge in [-0.15, -0.1) is 0 Å². The van der Waals surface area contributed by atoms with Gasteiger partial charge in [0.2, 0.25) is 0 Å². The fourth-order valence-corrected chi connectivity index (χ4v) is 4.51. The van der Waals surface area contributed by atoms with Crippen molar-refractivity contribution in [3.8, 4) is 5.69 Å². The number of non-ortho nitro benzene ring substituents is 1. The summed E-state index contributed by atoms with van der Waals surface area (Å²) in [5, 5.41) is 22.1. The van der Waals surface area contributed by atoms with E-state index in [1.54, 1.807) is 23.1 Å². The van der Waals surface area contributed by atoms with E-state index >= 15 is 0 Å². The van der Waals surface area contributed by atoms with Crippen LogP contribution in [0.4, 0.5) is 5.69 Å². The van der Waals surface area contributed by atoms with E-state index < -0.39 is 10.8 Å². The molecule has 0 aliphatic carbocycles. The summed E-state index contributed by atoms with van der Waals surface area (Å²) >= 11 is 1.33. The van der Waals surface area contributed by atoms with E-state index in [0.717, 1.165) is 28.2 Å². The van der Waals surface area contributed by atoms with Crippen molar-refractivity contribution in [1.82, 2.24) is 9.47 Å². The number of hydrogen-bond donors (Lipinski definition) is 1. The van der Waals surface area contributed by atoms with Crippen LogP contribution in [-0.4, -0.2) is 31.3 Å². The van der Waals surface area contributed by atoms with Gasteiger partial charge in [0.15, 0.2) is 5.17 Å². The maximum Gasteiger partial charge on any atom is 0.283 e. The molecule has 2 aromatic rings. The maximum absolute atomic E-state index is 12.6. The predicted octanol–water partition coefficient (Wildman–Crippen LogP) is 4.48. The molecule has 1 aromatic carbocycles. The molecule has 0 atom stereocenters. The van der Waals surface area contributed by atoms with Crippen LogP contribution in [0.25, 0.3) is 11.8 Å². The van der Waals surface area contributed by atoms with Gasteiger partial charge < -0.3 is 4.57 Å². The standard InChI is InChI=1S/C21H19N5O3S/c1-11-5-6-16(26(28)29)9-18(11)24-12(2)7-15(14(24)4)8-17-19(22)25-13(3)10-30-21(25)23-20(17)27/h5-10,22H,1-4H3/b17-8+,22-19?. The number of aryl methyl sites for hydroxylation is 2. The molecular weight excluding hydrogens is 402 g/mol. The molecule has 1 aromatic heterocycles. The molecule has 0 saturated heterocycles. The summed E-state index contributed by atoms with van der Waals surface area (Å²) < 4.78 is 1.93. The van der Waals surface area contributed by atoms with Gasteiger partial charge in [0.1, 0.15) is 5.84 Å². The molecule has 2 aliphatic rings. The fraction of sp³-hybridized carbons (Fsp3) is 0.190. The highest BCUT2D eigenvalue weighted by Gasteiger charge is 2.34. The van der Waals surface area contributed by atoms with E-state index in [0.29, 0.717) is 10.9 Å². The Morgan fingerprint density at radius 3 is 2.63 bits per heavy atom. The number of aliphatic imine (C=N–C) groups is 1. The third kappa shape index (κ3) is 3.07. The Balaban J connectivity index is 1.82. The van der Waals surface area contributed by atoms with Gasteiger partial charge in [0, 0.05) is 29.2 Å². The summed E-state index contributed by atoms with van der Waals surface area (Å²) in [6, 6.07) is 6.66. The molecule has 1 amide bonds. The van der Waals surface area contributed by atoms with Gasteiger partial charge in [0.05, 0.1) is 16.2 Å². The predicted molar refractivity (Wildman–Crippen MR) is 118 cm³/mol. The number of carbonyl (C=O) groups is 1. The number of aromatic nitrogens is 1. The largest absolute Gasteiger partial charge is 0.317 e. The smallest absolute Gasteiger partial charge is 0.283 e. The molecule has 30 heavy (non-hydrogen) atoms. The zero-order valence-corrected chi connectivity index (χ0v) is 17.7. The normalized spacial score (nSPS) is 17.3. The summed E-state index contributed by atoms with van der Waals surface area (Å²) in [5.74, 6) is -0.349. The number of hydrogen-bond acceptors (Lipinski definition) is 5. The number of rotatable bonds is 3. The van der Waals surface area contributed by atoms with E-state index in [2.05, 4.69) is 4.99 Å². The van der Waals surface area contributed by atoms with Gasteiger partial charge in [-0.1, -0.05) is 17.8 Å². The van der Waals surface area contributed by atoms with Crippen molar-refractivity contribution in [2.24, 2.45) is 4.99 Å². The van der Waals surface area contributed by atoms with Gasteiger partial charge >= 0.3 is 0 Å². The van der Waals surface area contributed by atoms with Crippen LogP contribution in [-0.2, 0) is 4.79 Å². The number of fused-ring (bicyclic) bond motifs is 1. The van der Waals surface area contributed by atoms with Crippen LogP contribution in [0.2, 0.25) is 0 Å². The second-order valence-corrected chi connectivity index (χ2v) is 8.04. The number of benzene rings is 1. The third-order valence-electron chi connectivity index (χ3n) is 5.20. The van der Waals surface area contributed by atoms with Crippen molar-refractivity contribution in [2.75, 3.05) is 0 Å². The summed E-state index contributed by atoms with van der Waals surface area (Å²) in [7, 11) is 0. The van der Waals surface area contributed by atoms with Crippen LogP contribution >= 0.6 is 11.8 Å². The van der Waals surface area contributed by atoms with Gasteiger partial charge in [-0.2, -0.15) is 4.99 Å². The highest BCUT2D eigenvalue weighted by atomic mass is 32.2. The summed E-state index contributed by atoms with van der Waals surface area (Å²) in [4.78, 5) is 29.1. The summed E-state index contributed by atoms with van der Waals surface area (Å²) in [6.07, 6.45) is 1.67. The molecule has 0 bridgehead atoms. The topological polar surface area (TPSA) is 105 Å². The molecule has 0 saturated carbocycles. The van der Waals surface area contributed by atoms with E-state index in [1.807, 2.05) is 43.7 Å². The Bertz CT molecular complexity index is 1240. The molecule has 1 N–H and O–H groups in total. The van der Waals surface area contributed by atoms with Crippen LogP contribution < -0.4 is 0 Å². The number of nitrogens with zero attached hydrogens (tertiary/aromatic N) is 4. The maximum atomic E-state index is 12.6. The highest BCUT2D eigenvalue weighted by Crippen LogP contribution is 2.33. The number of carbonyl (C=O) groups excluding carboxylic acids is 1. The highest BCUT2D eigenvalue weighted by molar-refractivity contribution is 8.16.